The molecule has 0 aliphatic heterocycles. The summed E-state index contributed by atoms with van der Waals surface area (Å²) in [5, 5.41) is 0. The summed E-state index contributed by atoms with van der Waals surface area (Å²) in [6.45, 7) is 6.21. The van der Waals surface area contributed by atoms with Crippen LogP contribution < -0.4 is 10.5 Å². The molecule has 0 aromatic carbocycles. The first-order chi connectivity index (χ1) is 7.77. The summed E-state index contributed by atoms with van der Waals surface area (Å²) < 4.78 is 10.6. The molecule has 0 atom stereocenters. The number of ether oxygens (including phenoxy) is 2. The molecule has 1 rings (SSSR count). The minimum atomic E-state index is 0.384. The van der Waals surface area contributed by atoms with E-state index in [0.29, 0.717) is 25.8 Å². The van der Waals surface area contributed by atoms with Crippen molar-refractivity contribution in [3.8, 4) is 6.01 Å². The Hall–Kier alpha value is -1.20. The zero-order valence-corrected chi connectivity index (χ0v) is 9.90. The quantitative estimate of drug-likeness (QED) is 0.702. The monoisotopic (exact) mass is 225 g/mol. The molecule has 0 aliphatic rings. The number of aryl methyl sites for hydroxylation is 1. The maximum Gasteiger partial charge on any atom is 0.316 e. The number of rotatable bonds is 7. The van der Waals surface area contributed by atoms with Crippen molar-refractivity contribution >= 4 is 0 Å². The summed E-state index contributed by atoms with van der Waals surface area (Å²) in [7, 11) is 0. The van der Waals surface area contributed by atoms with Crippen LogP contribution in [0.3, 0.4) is 0 Å². The van der Waals surface area contributed by atoms with Gasteiger partial charge in [0.2, 0.25) is 0 Å². The number of aromatic nitrogens is 2. The summed E-state index contributed by atoms with van der Waals surface area (Å²) in [4.78, 5) is 8.25. The molecule has 0 spiro atoms. The molecule has 90 valence electrons. The van der Waals surface area contributed by atoms with Crippen LogP contribution >= 0.6 is 0 Å². The average molecular weight is 225 g/mol. The van der Waals surface area contributed by atoms with Crippen LogP contribution in [0.4, 0.5) is 0 Å². The summed E-state index contributed by atoms with van der Waals surface area (Å²) in [6.07, 6.45) is 2.71. The van der Waals surface area contributed by atoms with Crippen LogP contribution in [0.1, 0.15) is 24.6 Å². The third kappa shape index (κ3) is 4.12. The van der Waals surface area contributed by atoms with Gasteiger partial charge >= 0.3 is 6.01 Å². The predicted octanol–water partition coefficient (Wildman–Crippen LogP) is 1.05. The van der Waals surface area contributed by atoms with Gasteiger partial charge in [-0.1, -0.05) is 6.92 Å². The molecular formula is C11H19N3O2. The molecule has 0 radical (unpaired) electrons. The minimum Gasteiger partial charge on any atom is -0.461 e. The van der Waals surface area contributed by atoms with E-state index in [-0.39, 0.29) is 0 Å². The molecule has 0 saturated heterocycles. The highest BCUT2D eigenvalue weighted by Crippen LogP contribution is 2.07. The Morgan fingerprint density at radius 3 is 2.75 bits per heavy atom. The van der Waals surface area contributed by atoms with Crippen molar-refractivity contribution in [1.29, 1.82) is 0 Å². The van der Waals surface area contributed by atoms with Gasteiger partial charge in [-0.05, 0) is 13.3 Å². The van der Waals surface area contributed by atoms with E-state index in [1.807, 2.05) is 6.92 Å². The lowest BCUT2D eigenvalue weighted by Crippen LogP contribution is -2.10. The number of hydrogen-bond acceptors (Lipinski definition) is 5. The molecule has 0 amide bonds. The van der Waals surface area contributed by atoms with Crippen molar-refractivity contribution in [3.05, 3.63) is 17.5 Å². The van der Waals surface area contributed by atoms with E-state index >= 15 is 0 Å². The van der Waals surface area contributed by atoms with Gasteiger partial charge in [-0.15, -0.1) is 0 Å². The molecule has 1 aromatic heterocycles. The highest BCUT2D eigenvalue weighted by Gasteiger charge is 2.02. The van der Waals surface area contributed by atoms with E-state index in [1.54, 1.807) is 6.20 Å². The van der Waals surface area contributed by atoms with Gasteiger partial charge in [0.25, 0.3) is 0 Å². The number of nitrogens with zero attached hydrogens (tertiary/aromatic N) is 2. The first-order valence-electron chi connectivity index (χ1n) is 5.51. The largest absolute Gasteiger partial charge is 0.461 e. The first kappa shape index (κ1) is 12.9. The fourth-order valence-electron chi connectivity index (χ4n) is 1.18. The van der Waals surface area contributed by atoms with Crippen molar-refractivity contribution in [1.82, 2.24) is 9.97 Å². The third-order valence-electron chi connectivity index (χ3n) is 2.09. The zero-order valence-electron chi connectivity index (χ0n) is 9.90. The summed E-state index contributed by atoms with van der Waals surface area (Å²) in [6, 6.07) is 0.384. The highest BCUT2D eigenvalue weighted by atomic mass is 16.5. The summed E-state index contributed by atoms with van der Waals surface area (Å²) >= 11 is 0. The zero-order chi connectivity index (χ0) is 11.8. The number of hydrogen-bond donors (Lipinski definition) is 1. The average Bonchev–Trinajstić information content (AvgIpc) is 2.29. The van der Waals surface area contributed by atoms with E-state index in [0.717, 1.165) is 24.3 Å². The normalized spacial score (nSPS) is 10.4. The van der Waals surface area contributed by atoms with Crippen molar-refractivity contribution < 1.29 is 9.47 Å². The lowest BCUT2D eigenvalue weighted by molar-refractivity contribution is 0.0971. The van der Waals surface area contributed by atoms with Crippen molar-refractivity contribution in [2.75, 3.05) is 19.8 Å². The van der Waals surface area contributed by atoms with Gasteiger partial charge in [0.15, 0.2) is 0 Å². The van der Waals surface area contributed by atoms with Gasteiger partial charge < -0.3 is 15.2 Å². The number of nitrogens with two attached hydrogens (primary N) is 1. The maximum absolute atomic E-state index is 5.51. The van der Waals surface area contributed by atoms with Gasteiger partial charge in [0, 0.05) is 30.6 Å². The second kappa shape index (κ2) is 7.14. The molecule has 0 saturated carbocycles. The van der Waals surface area contributed by atoms with Crippen molar-refractivity contribution in [3.63, 3.8) is 0 Å². The molecule has 0 fully saturated rings. The van der Waals surface area contributed by atoms with E-state index < -0.39 is 0 Å². The van der Waals surface area contributed by atoms with E-state index in [4.69, 9.17) is 15.2 Å². The lowest BCUT2D eigenvalue weighted by Gasteiger charge is -2.07. The molecule has 0 unspecified atom stereocenters. The predicted molar refractivity (Wildman–Crippen MR) is 61.3 cm³/mol. The van der Waals surface area contributed by atoms with Crippen LogP contribution in [0.25, 0.3) is 0 Å². The van der Waals surface area contributed by atoms with Crippen molar-refractivity contribution in [2.24, 2.45) is 5.73 Å². The fourth-order valence-corrected chi connectivity index (χ4v) is 1.18. The van der Waals surface area contributed by atoms with Crippen LogP contribution in [0.5, 0.6) is 6.01 Å². The fraction of sp³-hybridized carbons (Fsp3) is 0.636. The topological polar surface area (TPSA) is 70.3 Å². The molecule has 1 aromatic rings. The van der Waals surface area contributed by atoms with E-state index in [2.05, 4.69) is 16.9 Å². The molecular weight excluding hydrogens is 206 g/mol. The highest BCUT2D eigenvalue weighted by molar-refractivity contribution is 5.17. The molecule has 0 bridgehead atoms. The standard InChI is InChI=1S/C11H19N3O2/c1-3-4-15-5-6-16-11-13-8-10(7-12)9(2)14-11/h8H,3-7,12H2,1-2H3. The van der Waals surface area contributed by atoms with Gasteiger partial charge in [0.1, 0.15) is 6.61 Å². The maximum atomic E-state index is 5.51. The molecule has 0 aliphatic carbocycles. The van der Waals surface area contributed by atoms with Gasteiger partial charge in [-0.3, -0.25) is 0 Å². The molecule has 5 heteroatoms. The van der Waals surface area contributed by atoms with E-state index in [9.17, 15) is 0 Å². The van der Waals surface area contributed by atoms with Crippen LogP contribution in [-0.2, 0) is 11.3 Å². The lowest BCUT2D eigenvalue weighted by atomic mass is 10.2. The minimum absolute atomic E-state index is 0.384. The Bertz CT molecular complexity index is 318. The van der Waals surface area contributed by atoms with E-state index in [1.165, 1.54) is 0 Å². The second-order valence-electron chi connectivity index (χ2n) is 3.43. The van der Waals surface area contributed by atoms with Gasteiger partial charge in [0.05, 0.1) is 6.61 Å². The van der Waals surface area contributed by atoms with Crippen LogP contribution in [0.2, 0.25) is 0 Å². The smallest absolute Gasteiger partial charge is 0.316 e. The first-order valence-corrected chi connectivity index (χ1v) is 5.51. The second-order valence-corrected chi connectivity index (χ2v) is 3.43. The van der Waals surface area contributed by atoms with Gasteiger partial charge in [-0.2, -0.15) is 0 Å². The Balaban J connectivity index is 2.34. The summed E-state index contributed by atoms with van der Waals surface area (Å²) in [5.41, 5.74) is 7.32. The Labute approximate surface area is 96.0 Å². The molecule has 5 nitrogen and oxygen atoms in total. The summed E-state index contributed by atoms with van der Waals surface area (Å²) in [5.74, 6) is 0. The Morgan fingerprint density at radius 2 is 2.12 bits per heavy atom. The molecule has 2 N–H and O–H groups in total. The Kier molecular flexibility index (Phi) is 5.74. The van der Waals surface area contributed by atoms with Gasteiger partial charge in [-0.25, -0.2) is 9.97 Å². The van der Waals surface area contributed by atoms with Crippen LogP contribution in [0.15, 0.2) is 6.20 Å². The third-order valence-corrected chi connectivity index (χ3v) is 2.09. The SMILES string of the molecule is CCCOCCOc1ncc(CN)c(C)n1. The Morgan fingerprint density at radius 1 is 1.31 bits per heavy atom. The molecule has 16 heavy (non-hydrogen) atoms. The van der Waals surface area contributed by atoms with Crippen LogP contribution in [0, 0.1) is 6.92 Å². The van der Waals surface area contributed by atoms with Crippen LogP contribution in [-0.4, -0.2) is 29.8 Å². The van der Waals surface area contributed by atoms with Crippen molar-refractivity contribution in [2.45, 2.75) is 26.8 Å². The molecule has 1 heterocycles.